The molecule has 0 saturated carbocycles. The van der Waals surface area contributed by atoms with Gasteiger partial charge in [-0.05, 0) is 32.0 Å². The molecule has 4 heteroatoms. The van der Waals surface area contributed by atoms with Crippen LogP contribution in [0.5, 0.6) is 0 Å². The topological polar surface area (TPSA) is 43.9 Å². The minimum atomic E-state index is -0.389. The SMILES string of the molecule is Cc1ccc2oc(C(=O)O[C@@H](C)CC[NH+](C)C)cc2c1. The Balaban J connectivity index is 2.03. The standard InChI is InChI=1S/C16H21NO3/c1-11-5-6-14-13(9-11)10-15(20-14)16(18)19-12(2)7-8-17(3)4/h5-6,9-10,12H,7-8H2,1-4H3/p+1/t12-/m0/s1. The van der Waals surface area contributed by atoms with Crippen LogP contribution in [0.2, 0.25) is 0 Å². The van der Waals surface area contributed by atoms with Crippen molar-refractivity contribution >= 4 is 16.9 Å². The van der Waals surface area contributed by atoms with Crippen LogP contribution in [0.15, 0.2) is 28.7 Å². The number of carbonyl (C=O) groups is 1. The average molecular weight is 276 g/mol. The van der Waals surface area contributed by atoms with Gasteiger partial charge in [-0.3, -0.25) is 0 Å². The number of aryl methyl sites for hydroxylation is 1. The summed E-state index contributed by atoms with van der Waals surface area (Å²) in [5, 5.41) is 0.933. The van der Waals surface area contributed by atoms with Crippen molar-refractivity contribution in [3.05, 3.63) is 35.6 Å². The van der Waals surface area contributed by atoms with E-state index in [1.54, 1.807) is 6.07 Å². The third kappa shape index (κ3) is 3.61. The van der Waals surface area contributed by atoms with E-state index >= 15 is 0 Å². The summed E-state index contributed by atoms with van der Waals surface area (Å²) in [5.74, 6) is -0.116. The van der Waals surface area contributed by atoms with Crippen LogP contribution in [0, 0.1) is 6.92 Å². The fourth-order valence-corrected chi connectivity index (χ4v) is 2.06. The Labute approximate surface area is 119 Å². The molecule has 108 valence electrons. The molecule has 0 aliphatic heterocycles. The quantitative estimate of drug-likeness (QED) is 0.847. The molecule has 0 bridgehead atoms. The van der Waals surface area contributed by atoms with Gasteiger partial charge in [0.1, 0.15) is 11.7 Å². The fourth-order valence-electron chi connectivity index (χ4n) is 2.06. The van der Waals surface area contributed by atoms with Crippen molar-refractivity contribution in [1.29, 1.82) is 0 Å². The molecule has 2 aromatic rings. The van der Waals surface area contributed by atoms with Crippen molar-refractivity contribution in [3.63, 3.8) is 0 Å². The molecule has 0 aliphatic rings. The van der Waals surface area contributed by atoms with E-state index in [1.165, 1.54) is 4.90 Å². The van der Waals surface area contributed by atoms with E-state index in [4.69, 9.17) is 9.15 Å². The van der Waals surface area contributed by atoms with Gasteiger partial charge in [0.25, 0.3) is 0 Å². The summed E-state index contributed by atoms with van der Waals surface area (Å²) in [4.78, 5) is 13.4. The summed E-state index contributed by atoms with van der Waals surface area (Å²) in [5.41, 5.74) is 1.86. The molecule has 1 N–H and O–H groups in total. The van der Waals surface area contributed by atoms with Gasteiger partial charge in [-0.15, -0.1) is 0 Å². The molecule has 4 nitrogen and oxygen atoms in total. The van der Waals surface area contributed by atoms with E-state index < -0.39 is 0 Å². The Morgan fingerprint density at radius 1 is 1.35 bits per heavy atom. The summed E-state index contributed by atoms with van der Waals surface area (Å²) >= 11 is 0. The van der Waals surface area contributed by atoms with Gasteiger partial charge in [0.15, 0.2) is 0 Å². The average Bonchev–Trinajstić information content (AvgIpc) is 2.79. The van der Waals surface area contributed by atoms with Crippen molar-refractivity contribution in [3.8, 4) is 0 Å². The number of esters is 1. The molecular formula is C16H22NO3+. The summed E-state index contributed by atoms with van der Waals surface area (Å²) < 4.78 is 10.9. The maximum Gasteiger partial charge on any atom is 0.374 e. The highest BCUT2D eigenvalue weighted by molar-refractivity contribution is 5.92. The van der Waals surface area contributed by atoms with Crippen LogP contribution in [0.25, 0.3) is 11.0 Å². The first-order valence-corrected chi connectivity index (χ1v) is 6.96. The lowest BCUT2D eigenvalue weighted by atomic mass is 10.2. The smallest absolute Gasteiger partial charge is 0.374 e. The van der Waals surface area contributed by atoms with Gasteiger partial charge in [-0.2, -0.15) is 0 Å². The maximum atomic E-state index is 12.0. The number of carbonyl (C=O) groups excluding carboxylic acids is 1. The third-order valence-corrected chi connectivity index (χ3v) is 3.23. The second-order valence-corrected chi connectivity index (χ2v) is 5.61. The monoisotopic (exact) mass is 276 g/mol. The van der Waals surface area contributed by atoms with Gasteiger partial charge in [0.2, 0.25) is 5.76 Å². The fraction of sp³-hybridized carbons (Fsp3) is 0.438. The van der Waals surface area contributed by atoms with Crippen LogP contribution < -0.4 is 4.90 Å². The molecule has 0 amide bonds. The molecule has 0 spiro atoms. The molecular weight excluding hydrogens is 254 g/mol. The number of hydrogen-bond acceptors (Lipinski definition) is 3. The molecule has 2 rings (SSSR count). The zero-order valence-electron chi connectivity index (χ0n) is 12.5. The number of hydrogen-bond donors (Lipinski definition) is 1. The Hall–Kier alpha value is -1.81. The van der Waals surface area contributed by atoms with E-state index in [1.807, 2.05) is 32.0 Å². The van der Waals surface area contributed by atoms with Crippen LogP contribution in [0.3, 0.4) is 0 Å². The van der Waals surface area contributed by atoms with Crippen molar-refractivity contribution in [2.75, 3.05) is 20.6 Å². The summed E-state index contributed by atoms with van der Waals surface area (Å²) in [6.45, 7) is 4.89. The van der Waals surface area contributed by atoms with Crippen molar-refractivity contribution < 1.29 is 18.8 Å². The lowest BCUT2D eigenvalue weighted by Gasteiger charge is -2.13. The molecule has 0 fully saturated rings. The molecule has 1 atom stereocenters. The van der Waals surface area contributed by atoms with E-state index in [0.717, 1.165) is 23.9 Å². The van der Waals surface area contributed by atoms with Crippen LogP contribution in [0.4, 0.5) is 0 Å². The zero-order valence-corrected chi connectivity index (χ0v) is 12.5. The first-order chi connectivity index (χ1) is 9.45. The minimum Gasteiger partial charge on any atom is -0.457 e. The Morgan fingerprint density at radius 2 is 2.10 bits per heavy atom. The van der Waals surface area contributed by atoms with Crippen molar-refractivity contribution in [1.82, 2.24) is 0 Å². The summed E-state index contributed by atoms with van der Waals surface area (Å²) in [7, 11) is 4.16. The van der Waals surface area contributed by atoms with E-state index in [2.05, 4.69) is 14.1 Å². The number of quaternary nitrogens is 1. The van der Waals surface area contributed by atoms with Gasteiger partial charge >= 0.3 is 5.97 Å². The third-order valence-electron chi connectivity index (χ3n) is 3.23. The molecule has 0 radical (unpaired) electrons. The summed E-state index contributed by atoms with van der Waals surface area (Å²) in [6, 6.07) is 7.58. The lowest BCUT2D eigenvalue weighted by molar-refractivity contribution is -0.858. The number of benzene rings is 1. The Morgan fingerprint density at radius 3 is 2.80 bits per heavy atom. The normalized spacial score (nSPS) is 12.8. The minimum absolute atomic E-state index is 0.104. The molecule has 20 heavy (non-hydrogen) atoms. The van der Waals surface area contributed by atoms with Crippen LogP contribution in [-0.4, -0.2) is 32.7 Å². The van der Waals surface area contributed by atoms with Crippen LogP contribution >= 0.6 is 0 Å². The van der Waals surface area contributed by atoms with Gasteiger partial charge in [-0.1, -0.05) is 11.6 Å². The predicted molar refractivity (Wildman–Crippen MR) is 78.1 cm³/mol. The van der Waals surface area contributed by atoms with Gasteiger partial charge in [0, 0.05) is 11.8 Å². The highest BCUT2D eigenvalue weighted by atomic mass is 16.6. The highest BCUT2D eigenvalue weighted by Crippen LogP contribution is 2.21. The second-order valence-electron chi connectivity index (χ2n) is 5.61. The van der Waals surface area contributed by atoms with Gasteiger partial charge in [-0.25, -0.2) is 4.79 Å². The largest absolute Gasteiger partial charge is 0.457 e. The zero-order chi connectivity index (χ0) is 14.7. The number of furan rings is 1. The molecule has 0 aliphatic carbocycles. The predicted octanol–water partition coefficient (Wildman–Crippen LogP) is 1.82. The van der Waals surface area contributed by atoms with E-state index in [0.29, 0.717) is 5.58 Å². The lowest BCUT2D eigenvalue weighted by Crippen LogP contribution is -3.05. The maximum absolute atomic E-state index is 12.0. The number of nitrogens with one attached hydrogen (secondary N) is 1. The molecule has 0 saturated heterocycles. The van der Waals surface area contributed by atoms with Gasteiger partial charge in [0.05, 0.1) is 20.6 Å². The Kier molecular flexibility index (Phi) is 4.45. The summed E-state index contributed by atoms with van der Waals surface area (Å²) in [6.07, 6.45) is 0.736. The number of rotatable bonds is 5. The molecule has 1 aromatic carbocycles. The van der Waals surface area contributed by atoms with Gasteiger partial charge < -0.3 is 14.1 Å². The number of fused-ring (bicyclic) bond motifs is 1. The van der Waals surface area contributed by atoms with Crippen LogP contribution in [0.1, 0.15) is 29.5 Å². The second kappa shape index (κ2) is 6.09. The van der Waals surface area contributed by atoms with Crippen molar-refractivity contribution in [2.24, 2.45) is 0 Å². The van der Waals surface area contributed by atoms with Crippen LogP contribution in [-0.2, 0) is 4.74 Å². The molecule has 1 heterocycles. The number of ether oxygens (including phenoxy) is 1. The van der Waals surface area contributed by atoms with E-state index in [9.17, 15) is 4.79 Å². The van der Waals surface area contributed by atoms with E-state index in [-0.39, 0.29) is 17.8 Å². The molecule has 1 aromatic heterocycles. The first-order valence-electron chi connectivity index (χ1n) is 6.96. The highest BCUT2D eigenvalue weighted by Gasteiger charge is 2.17. The molecule has 0 unspecified atom stereocenters. The first kappa shape index (κ1) is 14.6. The Bertz CT molecular complexity index is 601. The van der Waals surface area contributed by atoms with Crippen molar-refractivity contribution in [2.45, 2.75) is 26.4 Å².